The summed E-state index contributed by atoms with van der Waals surface area (Å²) in [5, 5.41) is 10.0. The maximum Gasteiger partial charge on any atom is 0.218 e. The molecule has 1 aliphatic rings. The van der Waals surface area contributed by atoms with Crippen LogP contribution in [-0.4, -0.2) is 14.7 Å². The van der Waals surface area contributed by atoms with Crippen molar-refractivity contribution >= 4 is 18.3 Å². The minimum Gasteiger partial charge on any atom is -0.493 e. The molecule has 0 fully saturated rings. The summed E-state index contributed by atoms with van der Waals surface area (Å²) >= 11 is 5.15. The normalized spacial score (nSPS) is 17.5. The third-order valence-corrected chi connectivity index (χ3v) is 3.14. The molecule has 0 aromatic carbocycles. The molecule has 1 aromatic rings. The average Bonchev–Trinajstić information content (AvgIpc) is 2.59. The van der Waals surface area contributed by atoms with E-state index in [1.54, 1.807) is 10.6 Å². The van der Waals surface area contributed by atoms with Crippen molar-refractivity contribution in [3.05, 3.63) is 40.8 Å². The Kier molecular flexibility index (Phi) is 3.64. The zero-order valence-electron chi connectivity index (χ0n) is 9.65. The molecule has 0 atom stereocenters. The van der Waals surface area contributed by atoms with Crippen LogP contribution in [-0.2, 0) is 6.54 Å². The third kappa shape index (κ3) is 2.58. The van der Waals surface area contributed by atoms with E-state index in [0.29, 0.717) is 17.0 Å². The number of aromatic amines is 1. The highest BCUT2D eigenvalue weighted by Gasteiger charge is 2.09. The first-order chi connectivity index (χ1) is 8.22. The Morgan fingerprint density at radius 1 is 1.53 bits per heavy atom. The summed E-state index contributed by atoms with van der Waals surface area (Å²) in [6.07, 6.45) is 11.1. The number of aromatic hydroxyl groups is 1. The van der Waals surface area contributed by atoms with Crippen LogP contribution in [0.4, 0.5) is 0 Å². The molecule has 1 heterocycles. The molecular weight excluding hydrogens is 232 g/mol. The van der Waals surface area contributed by atoms with Crippen molar-refractivity contribution in [2.75, 3.05) is 0 Å². The first kappa shape index (κ1) is 11.9. The smallest absolute Gasteiger partial charge is 0.218 e. The quantitative estimate of drug-likeness (QED) is 0.634. The van der Waals surface area contributed by atoms with Crippen LogP contribution in [0.1, 0.15) is 25.0 Å². The molecule has 4 heteroatoms. The number of nitrogens with zero attached hydrogens (tertiary/aromatic N) is 1. The van der Waals surface area contributed by atoms with Crippen LogP contribution in [0.2, 0.25) is 0 Å². The van der Waals surface area contributed by atoms with Gasteiger partial charge in [-0.25, -0.2) is 0 Å². The number of imidazole rings is 1. The van der Waals surface area contributed by atoms with Crippen molar-refractivity contribution in [1.82, 2.24) is 9.55 Å². The van der Waals surface area contributed by atoms with Gasteiger partial charge in [-0.1, -0.05) is 23.8 Å². The molecule has 3 nitrogen and oxygen atoms in total. The molecule has 0 radical (unpaired) electrons. The minimum absolute atomic E-state index is 0.192. The van der Waals surface area contributed by atoms with Gasteiger partial charge < -0.3 is 10.1 Å². The Hall–Kier alpha value is -1.55. The molecular formula is C13H16N2OS. The van der Waals surface area contributed by atoms with Crippen molar-refractivity contribution in [2.45, 2.75) is 25.8 Å². The fourth-order valence-electron chi connectivity index (χ4n) is 1.94. The molecule has 0 saturated carbocycles. The predicted octanol–water partition coefficient (Wildman–Crippen LogP) is 3.56. The molecule has 0 saturated heterocycles. The molecule has 2 N–H and O–H groups in total. The van der Waals surface area contributed by atoms with Gasteiger partial charge in [-0.05, 0) is 37.6 Å². The van der Waals surface area contributed by atoms with Gasteiger partial charge in [0, 0.05) is 6.54 Å². The highest BCUT2D eigenvalue weighted by molar-refractivity contribution is 7.71. The lowest BCUT2D eigenvalue weighted by molar-refractivity contribution is 0.423. The molecule has 0 bridgehead atoms. The lowest BCUT2D eigenvalue weighted by atomic mass is 10.0. The molecule has 0 unspecified atom stereocenters. The van der Waals surface area contributed by atoms with Gasteiger partial charge in [0.1, 0.15) is 5.69 Å². The summed E-state index contributed by atoms with van der Waals surface area (Å²) in [4.78, 5) is 3.02. The standard InChI is InChI=1S/C13H16N2OS/c1-2-8-15-12(16)11(14-13(15)17)9-10-6-4-3-5-7-10/h2-4,9,16H,1,5-8H2,(H,14,17). The first-order valence-corrected chi connectivity index (χ1v) is 6.10. The van der Waals surface area contributed by atoms with Crippen molar-refractivity contribution in [3.63, 3.8) is 0 Å². The van der Waals surface area contributed by atoms with E-state index in [1.165, 1.54) is 5.57 Å². The van der Waals surface area contributed by atoms with Crippen LogP contribution in [0.3, 0.4) is 0 Å². The SMILES string of the molecule is C=CCn1c(O)c(C=C2CC=CCC2)[nH]c1=S. The van der Waals surface area contributed by atoms with E-state index in [2.05, 4.69) is 23.7 Å². The summed E-state index contributed by atoms with van der Waals surface area (Å²) in [5.74, 6) is 0.192. The Morgan fingerprint density at radius 2 is 2.35 bits per heavy atom. The molecule has 17 heavy (non-hydrogen) atoms. The largest absolute Gasteiger partial charge is 0.493 e. The molecule has 1 aromatic heterocycles. The number of H-pyrrole nitrogens is 1. The van der Waals surface area contributed by atoms with Gasteiger partial charge in [-0.2, -0.15) is 0 Å². The van der Waals surface area contributed by atoms with Gasteiger partial charge in [0.25, 0.3) is 0 Å². The molecule has 0 aliphatic heterocycles. The summed E-state index contributed by atoms with van der Waals surface area (Å²) in [5.41, 5.74) is 2.01. The minimum atomic E-state index is 0.192. The highest BCUT2D eigenvalue weighted by Crippen LogP contribution is 2.24. The second kappa shape index (κ2) is 5.19. The number of allylic oxidation sites excluding steroid dienone is 4. The van der Waals surface area contributed by atoms with Crippen LogP contribution in [0.15, 0.2) is 30.4 Å². The zero-order chi connectivity index (χ0) is 12.3. The van der Waals surface area contributed by atoms with E-state index in [1.807, 2.05) is 6.08 Å². The van der Waals surface area contributed by atoms with E-state index >= 15 is 0 Å². The first-order valence-electron chi connectivity index (χ1n) is 5.69. The Morgan fingerprint density at radius 3 is 3.00 bits per heavy atom. The van der Waals surface area contributed by atoms with Gasteiger partial charge in [-0.15, -0.1) is 6.58 Å². The van der Waals surface area contributed by atoms with Crippen LogP contribution >= 0.6 is 12.2 Å². The van der Waals surface area contributed by atoms with Crippen LogP contribution in [0, 0.1) is 4.77 Å². The molecule has 1 aliphatic carbocycles. The summed E-state index contributed by atoms with van der Waals surface area (Å²) in [6.45, 7) is 4.16. The Balaban J connectivity index is 2.33. The summed E-state index contributed by atoms with van der Waals surface area (Å²) in [7, 11) is 0. The monoisotopic (exact) mass is 248 g/mol. The Bertz CT molecular complexity index is 534. The molecule has 2 rings (SSSR count). The van der Waals surface area contributed by atoms with Crippen molar-refractivity contribution in [1.29, 1.82) is 0 Å². The molecule has 0 amide bonds. The van der Waals surface area contributed by atoms with Crippen molar-refractivity contribution in [3.8, 4) is 5.88 Å². The van der Waals surface area contributed by atoms with Crippen LogP contribution in [0.25, 0.3) is 6.08 Å². The fourth-order valence-corrected chi connectivity index (χ4v) is 2.21. The number of hydrogen-bond acceptors (Lipinski definition) is 2. The predicted molar refractivity (Wildman–Crippen MR) is 72.4 cm³/mol. The van der Waals surface area contributed by atoms with E-state index < -0.39 is 0 Å². The van der Waals surface area contributed by atoms with Gasteiger partial charge >= 0.3 is 0 Å². The molecule has 90 valence electrons. The maximum atomic E-state index is 10.0. The van der Waals surface area contributed by atoms with Gasteiger partial charge in [0.05, 0.1) is 0 Å². The Labute approximate surface area is 106 Å². The van der Waals surface area contributed by atoms with Crippen LogP contribution in [0.5, 0.6) is 5.88 Å². The number of aromatic nitrogens is 2. The van der Waals surface area contributed by atoms with E-state index in [9.17, 15) is 5.11 Å². The van der Waals surface area contributed by atoms with Gasteiger partial charge in [0.2, 0.25) is 5.88 Å². The van der Waals surface area contributed by atoms with E-state index in [-0.39, 0.29) is 5.88 Å². The lowest BCUT2D eigenvalue weighted by Gasteiger charge is -2.07. The second-order valence-electron chi connectivity index (χ2n) is 4.08. The van der Waals surface area contributed by atoms with Gasteiger partial charge in [-0.3, -0.25) is 4.57 Å². The highest BCUT2D eigenvalue weighted by atomic mass is 32.1. The van der Waals surface area contributed by atoms with Crippen molar-refractivity contribution < 1.29 is 5.11 Å². The topological polar surface area (TPSA) is 41.0 Å². The van der Waals surface area contributed by atoms with E-state index in [0.717, 1.165) is 19.3 Å². The zero-order valence-corrected chi connectivity index (χ0v) is 10.5. The number of nitrogens with one attached hydrogen (secondary N) is 1. The molecule has 0 spiro atoms. The average molecular weight is 248 g/mol. The summed E-state index contributed by atoms with van der Waals surface area (Å²) < 4.78 is 2.16. The maximum absolute atomic E-state index is 10.0. The second-order valence-corrected chi connectivity index (χ2v) is 4.47. The van der Waals surface area contributed by atoms with Crippen molar-refractivity contribution in [2.24, 2.45) is 0 Å². The van der Waals surface area contributed by atoms with Crippen LogP contribution < -0.4 is 0 Å². The van der Waals surface area contributed by atoms with E-state index in [4.69, 9.17) is 12.2 Å². The lowest BCUT2D eigenvalue weighted by Crippen LogP contribution is -1.93. The van der Waals surface area contributed by atoms with Gasteiger partial charge in [0.15, 0.2) is 4.77 Å². The number of hydrogen-bond donors (Lipinski definition) is 2. The third-order valence-electron chi connectivity index (χ3n) is 2.82. The number of rotatable bonds is 3. The summed E-state index contributed by atoms with van der Waals surface area (Å²) in [6, 6.07) is 0. The fraction of sp³-hybridized carbons (Fsp3) is 0.308.